The van der Waals surface area contributed by atoms with E-state index in [2.05, 4.69) is 0 Å². The van der Waals surface area contributed by atoms with Gasteiger partial charge in [-0.3, -0.25) is 4.79 Å². The first-order chi connectivity index (χ1) is 5.25. The van der Waals surface area contributed by atoms with Crippen LogP contribution < -0.4 is 0 Å². The quantitative estimate of drug-likeness (QED) is 0.601. The second-order valence-electron chi connectivity index (χ2n) is 2.98. The van der Waals surface area contributed by atoms with E-state index in [1.165, 1.54) is 0 Å². The first kappa shape index (κ1) is 8.22. The molecule has 1 aliphatic carbocycles. The largest absolute Gasteiger partial charge is 0.394 e. The number of hydrogen-bond acceptors (Lipinski definition) is 3. The van der Waals surface area contributed by atoms with Gasteiger partial charge >= 0.3 is 0 Å². The summed E-state index contributed by atoms with van der Waals surface area (Å²) < 4.78 is 0. The van der Waals surface area contributed by atoms with Crippen molar-refractivity contribution in [2.24, 2.45) is 5.41 Å². The number of Topliss-reactive ketones (excluding diaryl/α,β-unsaturated/α-hetero) is 1. The highest BCUT2D eigenvalue weighted by molar-refractivity contribution is 5.88. The van der Waals surface area contributed by atoms with E-state index in [-0.39, 0.29) is 12.4 Å². The normalized spacial score (nSPS) is 31.5. The lowest BCUT2D eigenvalue weighted by atomic mass is 9.75. The van der Waals surface area contributed by atoms with Gasteiger partial charge in [-0.05, 0) is 12.8 Å². The highest BCUT2D eigenvalue weighted by atomic mass is 16.3. The van der Waals surface area contributed by atoms with E-state index in [4.69, 9.17) is 10.4 Å². The van der Waals surface area contributed by atoms with Crippen LogP contribution in [0, 0.1) is 16.7 Å². The SMILES string of the molecule is N#CC1(CO)CCCCC1=O. The van der Waals surface area contributed by atoms with E-state index in [9.17, 15) is 4.79 Å². The van der Waals surface area contributed by atoms with Crippen LogP contribution in [0.3, 0.4) is 0 Å². The summed E-state index contributed by atoms with van der Waals surface area (Å²) in [5.74, 6) is -0.0891. The molecule has 60 valence electrons. The first-order valence-corrected chi connectivity index (χ1v) is 3.80. The summed E-state index contributed by atoms with van der Waals surface area (Å²) in [6.45, 7) is -0.317. The topological polar surface area (TPSA) is 61.1 Å². The lowest BCUT2D eigenvalue weighted by Crippen LogP contribution is -2.36. The van der Waals surface area contributed by atoms with Crippen molar-refractivity contribution in [1.82, 2.24) is 0 Å². The second kappa shape index (κ2) is 3.02. The van der Waals surface area contributed by atoms with Crippen molar-refractivity contribution < 1.29 is 9.90 Å². The Labute approximate surface area is 65.6 Å². The molecule has 0 aromatic rings. The van der Waals surface area contributed by atoms with Gasteiger partial charge in [-0.25, -0.2) is 0 Å². The Hall–Kier alpha value is -0.880. The molecule has 1 aliphatic rings. The summed E-state index contributed by atoms with van der Waals surface area (Å²) in [7, 11) is 0. The maximum absolute atomic E-state index is 11.2. The molecule has 1 fully saturated rings. The van der Waals surface area contributed by atoms with Crippen LogP contribution in [0.1, 0.15) is 25.7 Å². The predicted molar refractivity (Wildman–Crippen MR) is 38.6 cm³/mol. The Morgan fingerprint density at radius 2 is 2.36 bits per heavy atom. The van der Waals surface area contributed by atoms with Gasteiger partial charge in [-0.15, -0.1) is 0 Å². The summed E-state index contributed by atoms with van der Waals surface area (Å²) in [5.41, 5.74) is -1.06. The van der Waals surface area contributed by atoms with Crippen molar-refractivity contribution in [2.45, 2.75) is 25.7 Å². The zero-order chi connectivity index (χ0) is 8.32. The van der Waals surface area contributed by atoms with Crippen LogP contribution in [-0.2, 0) is 4.79 Å². The first-order valence-electron chi connectivity index (χ1n) is 3.80. The van der Waals surface area contributed by atoms with Crippen LogP contribution in [0.15, 0.2) is 0 Å². The lowest BCUT2D eigenvalue weighted by Gasteiger charge is -2.26. The van der Waals surface area contributed by atoms with Crippen molar-refractivity contribution >= 4 is 5.78 Å². The molecule has 1 rings (SSSR count). The molecule has 11 heavy (non-hydrogen) atoms. The number of nitriles is 1. The number of aliphatic hydroxyl groups is 1. The van der Waals surface area contributed by atoms with Gasteiger partial charge in [-0.2, -0.15) is 5.26 Å². The van der Waals surface area contributed by atoms with Gasteiger partial charge in [-0.1, -0.05) is 6.42 Å². The number of nitrogens with zero attached hydrogens (tertiary/aromatic N) is 1. The number of rotatable bonds is 1. The monoisotopic (exact) mass is 153 g/mol. The summed E-state index contributed by atoms with van der Waals surface area (Å²) >= 11 is 0. The average molecular weight is 153 g/mol. The average Bonchev–Trinajstić information content (AvgIpc) is 2.06. The standard InChI is InChI=1S/C8H11NO2/c9-5-8(6-10)4-2-1-3-7(8)11/h10H,1-4,6H2. The fourth-order valence-corrected chi connectivity index (χ4v) is 1.41. The summed E-state index contributed by atoms with van der Waals surface area (Å²) in [6, 6.07) is 1.92. The van der Waals surface area contributed by atoms with E-state index in [1.54, 1.807) is 0 Å². The Morgan fingerprint density at radius 1 is 1.64 bits per heavy atom. The maximum Gasteiger partial charge on any atom is 0.155 e. The molecule has 0 aromatic carbocycles. The molecule has 3 heteroatoms. The van der Waals surface area contributed by atoms with E-state index in [1.807, 2.05) is 6.07 Å². The Kier molecular flexibility index (Phi) is 2.25. The van der Waals surface area contributed by atoms with E-state index in [0.717, 1.165) is 12.8 Å². The van der Waals surface area contributed by atoms with Crippen molar-refractivity contribution in [3.8, 4) is 6.07 Å². The molecule has 0 amide bonds. The molecule has 0 bridgehead atoms. The van der Waals surface area contributed by atoms with Crippen LogP contribution in [0.4, 0.5) is 0 Å². The van der Waals surface area contributed by atoms with Gasteiger partial charge < -0.3 is 5.11 Å². The molecule has 1 N–H and O–H groups in total. The fraction of sp³-hybridized carbons (Fsp3) is 0.750. The number of ketones is 1. The molecule has 1 unspecified atom stereocenters. The minimum atomic E-state index is -1.06. The summed E-state index contributed by atoms with van der Waals surface area (Å²) in [5, 5.41) is 17.5. The summed E-state index contributed by atoms with van der Waals surface area (Å²) in [6.07, 6.45) is 2.72. The van der Waals surface area contributed by atoms with Gasteiger partial charge in [0.05, 0.1) is 12.7 Å². The zero-order valence-corrected chi connectivity index (χ0v) is 6.34. The minimum absolute atomic E-state index is 0.0891. The second-order valence-corrected chi connectivity index (χ2v) is 2.98. The Bertz CT molecular complexity index is 207. The van der Waals surface area contributed by atoms with Gasteiger partial charge in [0.25, 0.3) is 0 Å². The van der Waals surface area contributed by atoms with Crippen molar-refractivity contribution in [3.63, 3.8) is 0 Å². The van der Waals surface area contributed by atoms with Crippen LogP contribution in [0.25, 0.3) is 0 Å². The third-order valence-electron chi connectivity index (χ3n) is 2.28. The molecular weight excluding hydrogens is 142 g/mol. The van der Waals surface area contributed by atoms with Crippen LogP contribution in [-0.4, -0.2) is 17.5 Å². The predicted octanol–water partition coefficient (Wildman–Crippen LogP) is 0.632. The minimum Gasteiger partial charge on any atom is -0.394 e. The van der Waals surface area contributed by atoms with Crippen molar-refractivity contribution in [2.75, 3.05) is 6.61 Å². The van der Waals surface area contributed by atoms with Crippen LogP contribution in [0.2, 0.25) is 0 Å². The third-order valence-corrected chi connectivity index (χ3v) is 2.28. The number of hydrogen-bond donors (Lipinski definition) is 1. The fourth-order valence-electron chi connectivity index (χ4n) is 1.41. The highest BCUT2D eigenvalue weighted by Gasteiger charge is 2.39. The van der Waals surface area contributed by atoms with E-state index in [0.29, 0.717) is 12.8 Å². The summed E-state index contributed by atoms with van der Waals surface area (Å²) in [4.78, 5) is 11.2. The molecule has 0 spiro atoms. The third kappa shape index (κ3) is 1.26. The smallest absolute Gasteiger partial charge is 0.155 e. The Balaban J connectivity index is 2.80. The molecule has 1 saturated carbocycles. The number of aliphatic hydroxyl groups excluding tert-OH is 1. The molecule has 1 atom stereocenters. The molecule has 0 radical (unpaired) electrons. The highest BCUT2D eigenvalue weighted by Crippen LogP contribution is 2.31. The van der Waals surface area contributed by atoms with Gasteiger partial charge in [0.2, 0.25) is 0 Å². The maximum atomic E-state index is 11.2. The van der Waals surface area contributed by atoms with Crippen LogP contribution >= 0.6 is 0 Å². The zero-order valence-electron chi connectivity index (χ0n) is 6.34. The molecule has 0 saturated heterocycles. The van der Waals surface area contributed by atoms with Crippen molar-refractivity contribution in [1.29, 1.82) is 5.26 Å². The van der Waals surface area contributed by atoms with Crippen molar-refractivity contribution in [3.05, 3.63) is 0 Å². The van der Waals surface area contributed by atoms with Gasteiger partial charge in [0, 0.05) is 6.42 Å². The molecular formula is C8H11NO2. The van der Waals surface area contributed by atoms with Crippen LogP contribution in [0.5, 0.6) is 0 Å². The van der Waals surface area contributed by atoms with E-state index >= 15 is 0 Å². The molecule has 0 heterocycles. The molecule has 3 nitrogen and oxygen atoms in total. The lowest BCUT2D eigenvalue weighted by molar-refractivity contribution is -0.130. The van der Waals surface area contributed by atoms with E-state index < -0.39 is 5.41 Å². The number of carbonyl (C=O) groups excluding carboxylic acids is 1. The van der Waals surface area contributed by atoms with Gasteiger partial charge in [0.15, 0.2) is 5.78 Å². The van der Waals surface area contributed by atoms with Gasteiger partial charge in [0.1, 0.15) is 5.41 Å². The molecule has 0 aromatic heterocycles. The number of carbonyl (C=O) groups is 1. The molecule has 0 aliphatic heterocycles. The Morgan fingerprint density at radius 3 is 2.73 bits per heavy atom.